The second-order valence-electron chi connectivity index (χ2n) is 0.239. The van der Waals surface area contributed by atoms with Gasteiger partial charge in [0.25, 0.3) is 0 Å². The standard InChI is InChI=1S/C2HBrSi/c1-2-4-3/h1H. The van der Waals surface area contributed by atoms with Gasteiger partial charge in [-0.05, 0) is 0 Å². The van der Waals surface area contributed by atoms with Crippen molar-refractivity contribution in [3.63, 3.8) is 0 Å². The number of hydrogen-bond acceptors (Lipinski definition) is 0. The van der Waals surface area contributed by atoms with Crippen molar-refractivity contribution in [3.8, 4) is 12.0 Å². The van der Waals surface area contributed by atoms with E-state index in [4.69, 9.17) is 6.42 Å². The van der Waals surface area contributed by atoms with E-state index in [9.17, 15) is 0 Å². The van der Waals surface area contributed by atoms with Gasteiger partial charge in [0.1, 0.15) is 0 Å². The van der Waals surface area contributed by atoms with Crippen molar-refractivity contribution in [2.75, 3.05) is 0 Å². The van der Waals surface area contributed by atoms with Crippen LogP contribution >= 0.6 is 15.3 Å². The largest absolute Gasteiger partial charge is 0.239 e. The van der Waals surface area contributed by atoms with Crippen molar-refractivity contribution in [3.05, 3.63) is 0 Å². The molecule has 2 radical (unpaired) electrons. The van der Waals surface area contributed by atoms with Crippen LogP contribution in [0.25, 0.3) is 0 Å². The monoisotopic (exact) mass is 132 g/mol. The summed E-state index contributed by atoms with van der Waals surface area (Å²) in [5.41, 5.74) is 2.38. The Labute approximate surface area is 36.0 Å². The molecule has 0 aromatic carbocycles. The smallest absolute Gasteiger partial charge is 0.127 e. The van der Waals surface area contributed by atoms with Gasteiger partial charge in [-0.25, -0.2) is 0 Å². The summed E-state index contributed by atoms with van der Waals surface area (Å²) >= 11 is 3.04. The Morgan fingerprint density at radius 1 is 2.00 bits per heavy atom. The van der Waals surface area contributed by atoms with Crippen LogP contribution in [-0.4, -0.2) is 8.14 Å². The van der Waals surface area contributed by atoms with Crippen molar-refractivity contribution in [2.45, 2.75) is 0 Å². The molecule has 20 valence electrons. The highest BCUT2D eigenvalue weighted by Gasteiger charge is 1.53. The lowest BCUT2D eigenvalue weighted by Crippen LogP contribution is -1.55. The number of rotatable bonds is 0. The number of terminal acetylenes is 1. The van der Waals surface area contributed by atoms with Crippen LogP contribution in [0.15, 0.2) is 0 Å². The Morgan fingerprint density at radius 2 is 2.25 bits per heavy atom. The lowest BCUT2D eigenvalue weighted by Gasteiger charge is -1.45. The molecule has 4 heavy (non-hydrogen) atoms. The fourth-order valence-electron chi connectivity index (χ4n) is 0. The van der Waals surface area contributed by atoms with Crippen molar-refractivity contribution >= 4 is 23.4 Å². The zero-order valence-corrected chi connectivity index (χ0v) is 4.54. The van der Waals surface area contributed by atoms with Gasteiger partial charge in [-0.1, -0.05) is 0 Å². The molecule has 0 aliphatic carbocycles. The predicted octanol–water partition coefficient (Wildman–Crippen LogP) is 0.591. The van der Waals surface area contributed by atoms with Crippen molar-refractivity contribution in [1.82, 2.24) is 0 Å². The molecular weight excluding hydrogens is 132 g/mol. The molecule has 0 saturated carbocycles. The highest BCUT2D eigenvalue weighted by molar-refractivity contribution is 9.23. The van der Waals surface area contributed by atoms with Crippen molar-refractivity contribution < 1.29 is 0 Å². The fourth-order valence-corrected chi connectivity index (χ4v) is 0. The van der Waals surface area contributed by atoms with Crippen molar-refractivity contribution in [1.29, 1.82) is 0 Å². The van der Waals surface area contributed by atoms with E-state index in [0.29, 0.717) is 8.14 Å². The van der Waals surface area contributed by atoms with Crippen LogP contribution in [0.5, 0.6) is 0 Å². The van der Waals surface area contributed by atoms with Gasteiger partial charge < -0.3 is 0 Å². The summed E-state index contributed by atoms with van der Waals surface area (Å²) in [4.78, 5) is 0. The first-order valence-electron chi connectivity index (χ1n) is 0.728. The fraction of sp³-hybridized carbons (Fsp3) is 0. The maximum atomic E-state index is 4.74. The first-order valence-corrected chi connectivity index (χ1v) is 3.98. The second kappa shape index (κ2) is 3.26. The Bertz CT molecular complexity index is 35.8. The molecule has 0 bridgehead atoms. The minimum atomic E-state index is 0.481. The summed E-state index contributed by atoms with van der Waals surface area (Å²) in [6.45, 7) is 0. The zero-order chi connectivity index (χ0) is 3.41. The maximum absolute atomic E-state index is 4.74. The van der Waals surface area contributed by atoms with Crippen LogP contribution in [0.1, 0.15) is 0 Å². The first kappa shape index (κ1) is 4.26. The molecule has 0 fully saturated rings. The Balaban J connectivity index is 2.43. The summed E-state index contributed by atoms with van der Waals surface area (Å²) in [5.74, 6) is 0. The van der Waals surface area contributed by atoms with Crippen LogP contribution in [0, 0.1) is 12.0 Å². The van der Waals surface area contributed by atoms with Gasteiger partial charge in [0.2, 0.25) is 8.14 Å². The molecule has 0 N–H and O–H groups in total. The van der Waals surface area contributed by atoms with Gasteiger partial charge in [-0.2, -0.15) is 0 Å². The molecule has 0 nitrogen and oxygen atoms in total. The van der Waals surface area contributed by atoms with Gasteiger partial charge in [0.05, 0.1) is 0 Å². The summed E-state index contributed by atoms with van der Waals surface area (Å²) in [6, 6.07) is 0. The Morgan fingerprint density at radius 3 is 2.25 bits per heavy atom. The quantitative estimate of drug-likeness (QED) is 0.258. The molecule has 0 rings (SSSR count). The molecule has 0 aliphatic heterocycles. The van der Waals surface area contributed by atoms with E-state index in [1.165, 1.54) is 0 Å². The number of halogens is 1. The van der Waals surface area contributed by atoms with Gasteiger partial charge in [-0.3, -0.25) is 0 Å². The van der Waals surface area contributed by atoms with E-state index in [0.717, 1.165) is 0 Å². The molecule has 0 unspecified atom stereocenters. The van der Waals surface area contributed by atoms with E-state index >= 15 is 0 Å². The highest BCUT2D eigenvalue weighted by atomic mass is 79.9. The topological polar surface area (TPSA) is 0 Å². The lowest BCUT2D eigenvalue weighted by atomic mass is 11.4. The SMILES string of the molecule is C#C[Si]Br. The third kappa shape index (κ3) is 2.26. The molecule has 0 aromatic heterocycles. The maximum Gasteiger partial charge on any atom is 0.239 e. The number of hydrogen-bond donors (Lipinski definition) is 0. The zero-order valence-electron chi connectivity index (χ0n) is 1.96. The highest BCUT2D eigenvalue weighted by Crippen LogP contribution is 1.62. The van der Waals surface area contributed by atoms with Crippen LogP contribution in [0.2, 0.25) is 0 Å². The average molecular weight is 133 g/mol. The van der Waals surface area contributed by atoms with Crippen LogP contribution in [0.3, 0.4) is 0 Å². The van der Waals surface area contributed by atoms with Gasteiger partial charge in [0.15, 0.2) is 0 Å². The average Bonchev–Trinajstić information content (AvgIpc) is 1.37. The lowest BCUT2D eigenvalue weighted by molar-refractivity contribution is 3.08. The molecule has 0 aliphatic rings. The van der Waals surface area contributed by atoms with Gasteiger partial charge in [0, 0.05) is 0 Å². The molecule has 0 heterocycles. The third-order valence-corrected chi connectivity index (χ3v) is 0.850. The normalized spacial score (nSPS) is 5.00. The minimum absolute atomic E-state index is 0.481. The Kier molecular flexibility index (Phi) is 3.47. The molecule has 0 amide bonds. The second-order valence-corrected chi connectivity index (χ2v) is 1.91. The van der Waals surface area contributed by atoms with E-state index in [1.54, 1.807) is 0 Å². The summed E-state index contributed by atoms with van der Waals surface area (Å²) in [7, 11) is 0.481. The summed E-state index contributed by atoms with van der Waals surface area (Å²) < 4.78 is 0. The van der Waals surface area contributed by atoms with Crippen LogP contribution in [-0.2, 0) is 0 Å². The van der Waals surface area contributed by atoms with E-state index in [1.807, 2.05) is 0 Å². The summed E-state index contributed by atoms with van der Waals surface area (Å²) in [6.07, 6.45) is 4.74. The third-order valence-electron chi connectivity index (χ3n) is 0.0546. The van der Waals surface area contributed by atoms with E-state index in [-0.39, 0.29) is 0 Å². The molecular formula is C2HBrSi. The Hall–Kier alpha value is 0.257. The molecule has 0 aromatic rings. The summed E-state index contributed by atoms with van der Waals surface area (Å²) in [5, 5.41) is 0. The van der Waals surface area contributed by atoms with Crippen LogP contribution in [0.4, 0.5) is 0 Å². The molecule has 0 saturated heterocycles. The van der Waals surface area contributed by atoms with E-state index in [2.05, 4.69) is 20.8 Å². The van der Waals surface area contributed by atoms with Crippen LogP contribution < -0.4 is 0 Å². The van der Waals surface area contributed by atoms with Gasteiger partial charge >= 0.3 is 0 Å². The van der Waals surface area contributed by atoms with Gasteiger partial charge in [-0.15, -0.1) is 27.3 Å². The minimum Gasteiger partial charge on any atom is -0.127 e. The molecule has 2 heteroatoms. The predicted molar refractivity (Wildman–Crippen MR) is 23.5 cm³/mol. The van der Waals surface area contributed by atoms with Crippen molar-refractivity contribution in [2.24, 2.45) is 0 Å². The first-order chi connectivity index (χ1) is 1.91. The molecule has 0 atom stereocenters. The molecule has 0 spiro atoms. The van der Waals surface area contributed by atoms with E-state index < -0.39 is 0 Å².